The van der Waals surface area contributed by atoms with Crippen LogP contribution in [0.15, 0.2) is 24.3 Å². The molecule has 0 radical (unpaired) electrons. The molecule has 52 valence electrons. The molecule has 1 nitrogen and oxygen atoms in total. The molecule has 11 heavy (non-hydrogen) atoms. The third-order valence-electron chi connectivity index (χ3n) is 1.44. The molecule has 0 saturated heterocycles. The van der Waals surface area contributed by atoms with Gasteiger partial charge < -0.3 is 0 Å². The second-order valence-corrected chi connectivity index (χ2v) is 2.14. The highest BCUT2D eigenvalue weighted by Gasteiger charge is 1.95. The summed E-state index contributed by atoms with van der Waals surface area (Å²) < 4.78 is 0. The van der Waals surface area contributed by atoms with E-state index < -0.39 is 0 Å². The Labute approximate surface area is 66.3 Å². The van der Waals surface area contributed by atoms with Gasteiger partial charge in [0.15, 0.2) is 0 Å². The van der Waals surface area contributed by atoms with E-state index in [4.69, 9.17) is 11.7 Å². The molecule has 0 aromatic heterocycles. The Balaban J connectivity index is 3.07. The maximum Gasteiger partial charge on any atom is 0.0670 e. The molecule has 0 N–H and O–H groups in total. The lowest BCUT2D eigenvalue weighted by Crippen LogP contribution is -1.86. The first-order valence-corrected chi connectivity index (χ1v) is 3.30. The lowest BCUT2D eigenvalue weighted by Gasteiger charge is -1.96. The van der Waals surface area contributed by atoms with Crippen LogP contribution in [0, 0.1) is 23.7 Å². The third kappa shape index (κ3) is 1.60. The van der Waals surface area contributed by atoms with Gasteiger partial charge in [0.2, 0.25) is 0 Å². The Morgan fingerprint density at radius 3 is 2.73 bits per heavy atom. The van der Waals surface area contributed by atoms with Gasteiger partial charge in [-0.2, -0.15) is 5.26 Å². The number of benzene rings is 1. The van der Waals surface area contributed by atoms with Crippen molar-refractivity contribution in [1.29, 1.82) is 5.26 Å². The van der Waals surface area contributed by atoms with Crippen LogP contribution in [0.1, 0.15) is 11.1 Å². The fourth-order valence-electron chi connectivity index (χ4n) is 0.900. The highest BCUT2D eigenvalue weighted by atomic mass is 14.2. The minimum absolute atomic E-state index is 0.389. The predicted molar refractivity (Wildman–Crippen MR) is 43.7 cm³/mol. The summed E-state index contributed by atoms with van der Waals surface area (Å²) in [6.07, 6.45) is 5.61. The molecule has 1 heteroatoms. The van der Waals surface area contributed by atoms with Crippen molar-refractivity contribution in [3.63, 3.8) is 0 Å². The van der Waals surface area contributed by atoms with Gasteiger partial charge in [-0.15, -0.1) is 6.42 Å². The van der Waals surface area contributed by atoms with E-state index in [0.717, 1.165) is 11.1 Å². The summed E-state index contributed by atoms with van der Waals surface area (Å²) in [6, 6.07) is 9.53. The number of hydrogen-bond donors (Lipinski definition) is 0. The van der Waals surface area contributed by atoms with Crippen LogP contribution in [0.3, 0.4) is 0 Å². The Bertz CT molecular complexity index is 325. The molecule has 0 atom stereocenters. The lowest BCUT2D eigenvalue weighted by molar-refractivity contribution is 1.25. The van der Waals surface area contributed by atoms with Gasteiger partial charge in [0.25, 0.3) is 0 Å². The molecule has 0 spiro atoms. The van der Waals surface area contributed by atoms with Crippen LogP contribution in [-0.2, 0) is 6.42 Å². The summed E-state index contributed by atoms with van der Waals surface area (Å²) in [4.78, 5) is 0. The van der Waals surface area contributed by atoms with Crippen molar-refractivity contribution in [2.75, 3.05) is 0 Å². The molecule has 1 aromatic rings. The van der Waals surface area contributed by atoms with Crippen LogP contribution in [0.5, 0.6) is 0 Å². The highest BCUT2D eigenvalue weighted by Crippen LogP contribution is 2.06. The minimum atomic E-state index is 0.389. The first-order chi connectivity index (χ1) is 5.38. The number of hydrogen-bond acceptors (Lipinski definition) is 1. The van der Waals surface area contributed by atoms with Gasteiger partial charge in [-0.25, -0.2) is 0 Å². The van der Waals surface area contributed by atoms with E-state index >= 15 is 0 Å². The van der Waals surface area contributed by atoms with Crippen molar-refractivity contribution < 1.29 is 0 Å². The average molecular weight is 141 g/mol. The van der Waals surface area contributed by atoms with Crippen LogP contribution in [-0.4, -0.2) is 0 Å². The van der Waals surface area contributed by atoms with Crippen molar-refractivity contribution >= 4 is 0 Å². The molecule has 0 aliphatic heterocycles. The standard InChI is InChI=1S/C10H7N/c1-2-9-5-3-4-6-10(9)7-8-11/h1,3-6H,7H2. The monoisotopic (exact) mass is 141 g/mol. The number of rotatable bonds is 1. The second-order valence-electron chi connectivity index (χ2n) is 2.14. The Morgan fingerprint density at radius 2 is 2.09 bits per heavy atom. The Morgan fingerprint density at radius 1 is 1.36 bits per heavy atom. The zero-order valence-electron chi connectivity index (χ0n) is 6.04. The van der Waals surface area contributed by atoms with Crippen LogP contribution in [0.25, 0.3) is 0 Å². The van der Waals surface area contributed by atoms with Gasteiger partial charge in [0.05, 0.1) is 12.5 Å². The zero-order valence-corrected chi connectivity index (χ0v) is 6.04. The third-order valence-corrected chi connectivity index (χ3v) is 1.44. The highest BCUT2D eigenvalue weighted by molar-refractivity contribution is 5.40. The van der Waals surface area contributed by atoms with E-state index in [1.807, 2.05) is 24.3 Å². The molecular formula is C10H7N. The Hall–Kier alpha value is -1.73. The molecule has 0 fully saturated rings. The van der Waals surface area contributed by atoms with E-state index in [9.17, 15) is 0 Å². The molecule has 1 rings (SSSR count). The molecule has 0 aliphatic rings. The molecule has 0 heterocycles. The van der Waals surface area contributed by atoms with Gasteiger partial charge in [-0.1, -0.05) is 24.1 Å². The summed E-state index contributed by atoms with van der Waals surface area (Å²) in [6.45, 7) is 0. The normalized spacial score (nSPS) is 8.18. The van der Waals surface area contributed by atoms with Gasteiger partial charge in [0, 0.05) is 5.56 Å². The quantitative estimate of drug-likeness (QED) is 0.546. The fraction of sp³-hybridized carbons (Fsp3) is 0.100. The van der Waals surface area contributed by atoms with Crippen LogP contribution >= 0.6 is 0 Å². The van der Waals surface area contributed by atoms with Gasteiger partial charge >= 0.3 is 0 Å². The topological polar surface area (TPSA) is 23.8 Å². The van der Waals surface area contributed by atoms with Crippen molar-refractivity contribution in [3.8, 4) is 18.4 Å². The fourth-order valence-corrected chi connectivity index (χ4v) is 0.900. The first kappa shape index (κ1) is 7.38. The van der Waals surface area contributed by atoms with E-state index in [1.54, 1.807) is 0 Å². The van der Waals surface area contributed by atoms with E-state index in [-0.39, 0.29) is 0 Å². The molecule has 0 unspecified atom stereocenters. The van der Waals surface area contributed by atoms with E-state index in [1.165, 1.54) is 0 Å². The number of nitrogens with zero attached hydrogens (tertiary/aromatic N) is 1. The minimum Gasteiger partial charge on any atom is -0.198 e. The molecule has 1 aromatic carbocycles. The van der Waals surface area contributed by atoms with Crippen molar-refractivity contribution in [1.82, 2.24) is 0 Å². The van der Waals surface area contributed by atoms with Gasteiger partial charge in [-0.05, 0) is 11.6 Å². The summed E-state index contributed by atoms with van der Waals surface area (Å²) in [5.74, 6) is 2.53. The second kappa shape index (κ2) is 3.44. The molecule has 0 bridgehead atoms. The van der Waals surface area contributed by atoms with Crippen LogP contribution < -0.4 is 0 Å². The lowest BCUT2D eigenvalue weighted by atomic mass is 10.1. The van der Waals surface area contributed by atoms with Crippen molar-refractivity contribution in [3.05, 3.63) is 35.4 Å². The summed E-state index contributed by atoms with van der Waals surface area (Å²) >= 11 is 0. The largest absolute Gasteiger partial charge is 0.198 e. The smallest absolute Gasteiger partial charge is 0.0670 e. The summed E-state index contributed by atoms with van der Waals surface area (Å²) in [5.41, 5.74) is 1.74. The number of nitriles is 1. The van der Waals surface area contributed by atoms with Crippen molar-refractivity contribution in [2.45, 2.75) is 6.42 Å². The number of terminal acetylenes is 1. The summed E-state index contributed by atoms with van der Waals surface area (Å²) in [5, 5.41) is 8.42. The van der Waals surface area contributed by atoms with Crippen LogP contribution in [0.2, 0.25) is 0 Å². The molecule has 0 saturated carbocycles. The summed E-state index contributed by atoms with van der Waals surface area (Å²) in [7, 11) is 0. The first-order valence-electron chi connectivity index (χ1n) is 3.30. The SMILES string of the molecule is C#Cc1ccccc1CC#N. The predicted octanol–water partition coefficient (Wildman–Crippen LogP) is 1.73. The molecular weight excluding hydrogens is 134 g/mol. The van der Waals surface area contributed by atoms with Crippen LogP contribution in [0.4, 0.5) is 0 Å². The van der Waals surface area contributed by atoms with E-state index in [0.29, 0.717) is 6.42 Å². The maximum atomic E-state index is 8.42. The maximum absolute atomic E-state index is 8.42. The zero-order chi connectivity index (χ0) is 8.10. The molecule has 0 amide bonds. The molecule has 0 aliphatic carbocycles. The van der Waals surface area contributed by atoms with Gasteiger partial charge in [0.1, 0.15) is 0 Å². The van der Waals surface area contributed by atoms with Gasteiger partial charge in [-0.3, -0.25) is 0 Å². The van der Waals surface area contributed by atoms with E-state index in [2.05, 4.69) is 12.0 Å². The Kier molecular flexibility index (Phi) is 2.31. The average Bonchev–Trinajstić information content (AvgIpc) is 2.06. The van der Waals surface area contributed by atoms with Crippen molar-refractivity contribution in [2.24, 2.45) is 0 Å².